The summed E-state index contributed by atoms with van der Waals surface area (Å²) in [4.78, 5) is 9.51. The van der Waals surface area contributed by atoms with Crippen molar-refractivity contribution in [3.8, 4) is 5.88 Å². The largest absolute Gasteiger partial charge is 0.477 e. The summed E-state index contributed by atoms with van der Waals surface area (Å²) in [7, 11) is 1.68. The molecule has 118 valence electrons. The van der Waals surface area contributed by atoms with Crippen molar-refractivity contribution in [2.24, 2.45) is 0 Å². The van der Waals surface area contributed by atoms with Gasteiger partial charge >= 0.3 is 0 Å². The first-order valence-electron chi connectivity index (χ1n) is 7.22. The fourth-order valence-corrected chi connectivity index (χ4v) is 2.85. The molecule has 0 aliphatic rings. The molecular formula is C16H21N3O2S. The van der Waals surface area contributed by atoms with Crippen molar-refractivity contribution in [1.82, 2.24) is 9.97 Å². The van der Waals surface area contributed by atoms with Gasteiger partial charge in [-0.1, -0.05) is 30.3 Å². The van der Waals surface area contributed by atoms with Gasteiger partial charge < -0.3 is 14.8 Å². The molecule has 5 nitrogen and oxygen atoms in total. The number of benzene rings is 1. The summed E-state index contributed by atoms with van der Waals surface area (Å²) in [5, 5.41) is 3.27. The van der Waals surface area contributed by atoms with Crippen molar-refractivity contribution < 1.29 is 9.47 Å². The van der Waals surface area contributed by atoms with Crippen LogP contribution in [0.1, 0.15) is 12.5 Å². The monoisotopic (exact) mass is 319 g/mol. The number of rotatable bonds is 9. The van der Waals surface area contributed by atoms with Crippen molar-refractivity contribution in [1.29, 1.82) is 0 Å². The van der Waals surface area contributed by atoms with Crippen LogP contribution >= 0.6 is 11.8 Å². The Morgan fingerprint density at radius 3 is 2.73 bits per heavy atom. The molecule has 0 saturated heterocycles. The van der Waals surface area contributed by atoms with Crippen LogP contribution in [0.4, 0.5) is 5.82 Å². The summed E-state index contributed by atoms with van der Waals surface area (Å²) < 4.78 is 10.7. The number of nitrogens with one attached hydrogen (secondary N) is 1. The normalized spacial score (nSPS) is 10.5. The smallest absolute Gasteiger partial charge is 0.232 e. The van der Waals surface area contributed by atoms with Crippen LogP contribution in [-0.2, 0) is 10.5 Å². The molecule has 1 N–H and O–H groups in total. The molecule has 0 atom stereocenters. The number of nitrogens with zero attached hydrogens (tertiary/aromatic N) is 2. The molecule has 1 heterocycles. The van der Waals surface area contributed by atoms with Crippen LogP contribution in [0.2, 0.25) is 0 Å². The number of hydrogen-bond donors (Lipinski definition) is 1. The lowest BCUT2D eigenvalue weighted by Crippen LogP contribution is -2.11. The van der Waals surface area contributed by atoms with Gasteiger partial charge in [-0.25, -0.2) is 9.97 Å². The van der Waals surface area contributed by atoms with Gasteiger partial charge in [-0.15, -0.1) is 11.8 Å². The minimum Gasteiger partial charge on any atom is -0.477 e. The highest BCUT2D eigenvalue weighted by atomic mass is 32.2. The van der Waals surface area contributed by atoms with E-state index in [1.54, 1.807) is 18.9 Å². The Morgan fingerprint density at radius 2 is 2.00 bits per heavy atom. The van der Waals surface area contributed by atoms with Crippen LogP contribution in [0.3, 0.4) is 0 Å². The standard InChI is InChI=1S/C16H21N3O2S/c1-3-21-16-14(22-11-13-7-5-4-6-8-13)15(18-12-19-16)17-9-10-20-2/h4-8,12H,3,9-11H2,1-2H3,(H,17,18,19). The number of ether oxygens (including phenoxy) is 2. The Hall–Kier alpha value is -1.79. The summed E-state index contributed by atoms with van der Waals surface area (Å²) >= 11 is 1.67. The van der Waals surface area contributed by atoms with Gasteiger partial charge in [0.15, 0.2) is 0 Å². The van der Waals surface area contributed by atoms with E-state index in [2.05, 4.69) is 27.4 Å². The lowest BCUT2D eigenvalue weighted by Gasteiger charge is -2.13. The van der Waals surface area contributed by atoms with E-state index in [4.69, 9.17) is 9.47 Å². The summed E-state index contributed by atoms with van der Waals surface area (Å²) in [6.45, 7) is 3.84. The molecule has 0 aliphatic heterocycles. The highest BCUT2D eigenvalue weighted by Gasteiger charge is 2.13. The highest BCUT2D eigenvalue weighted by Crippen LogP contribution is 2.35. The first-order chi connectivity index (χ1) is 10.8. The molecule has 0 fully saturated rings. The minimum atomic E-state index is 0.577. The Morgan fingerprint density at radius 1 is 1.18 bits per heavy atom. The van der Waals surface area contributed by atoms with Gasteiger partial charge in [0.1, 0.15) is 17.0 Å². The second kappa shape index (κ2) is 9.27. The van der Waals surface area contributed by atoms with E-state index < -0.39 is 0 Å². The van der Waals surface area contributed by atoms with Gasteiger partial charge in [-0.3, -0.25) is 0 Å². The van der Waals surface area contributed by atoms with Crippen molar-refractivity contribution >= 4 is 17.6 Å². The molecule has 1 aromatic carbocycles. The van der Waals surface area contributed by atoms with Gasteiger partial charge in [0.2, 0.25) is 5.88 Å². The maximum absolute atomic E-state index is 5.63. The fourth-order valence-electron chi connectivity index (χ4n) is 1.85. The lowest BCUT2D eigenvalue weighted by molar-refractivity contribution is 0.210. The second-order valence-electron chi connectivity index (χ2n) is 4.48. The van der Waals surface area contributed by atoms with E-state index in [9.17, 15) is 0 Å². The van der Waals surface area contributed by atoms with Gasteiger partial charge in [-0.2, -0.15) is 0 Å². The quantitative estimate of drug-likeness (QED) is 0.566. The molecule has 2 aromatic rings. The third-order valence-electron chi connectivity index (χ3n) is 2.88. The average molecular weight is 319 g/mol. The molecule has 0 unspecified atom stereocenters. The number of aromatic nitrogens is 2. The first-order valence-corrected chi connectivity index (χ1v) is 8.21. The SMILES string of the molecule is CCOc1ncnc(NCCOC)c1SCc1ccccc1. The average Bonchev–Trinajstić information content (AvgIpc) is 2.55. The van der Waals surface area contributed by atoms with Crippen LogP contribution in [0.15, 0.2) is 41.6 Å². The first kappa shape index (κ1) is 16.6. The van der Waals surface area contributed by atoms with E-state index >= 15 is 0 Å². The molecule has 0 spiro atoms. The maximum atomic E-state index is 5.63. The van der Waals surface area contributed by atoms with E-state index in [1.165, 1.54) is 11.9 Å². The van der Waals surface area contributed by atoms with Crippen molar-refractivity contribution in [2.75, 3.05) is 32.2 Å². The number of thioether (sulfide) groups is 1. The molecule has 0 saturated carbocycles. The summed E-state index contributed by atoms with van der Waals surface area (Å²) in [6.07, 6.45) is 1.52. The zero-order chi connectivity index (χ0) is 15.6. The third kappa shape index (κ3) is 4.89. The number of anilines is 1. The molecule has 1 aromatic heterocycles. The fraction of sp³-hybridized carbons (Fsp3) is 0.375. The van der Waals surface area contributed by atoms with Crippen LogP contribution in [0.5, 0.6) is 5.88 Å². The summed E-state index contributed by atoms with van der Waals surface area (Å²) in [6, 6.07) is 10.3. The van der Waals surface area contributed by atoms with Gasteiger partial charge in [-0.05, 0) is 12.5 Å². The van der Waals surface area contributed by atoms with Gasteiger partial charge in [0.05, 0.1) is 13.2 Å². The Labute approximate surface area is 135 Å². The van der Waals surface area contributed by atoms with Crippen LogP contribution in [0, 0.1) is 0 Å². The van der Waals surface area contributed by atoms with Crippen molar-refractivity contribution in [2.45, 2.75) is 17.6 Å². The zero-order valence-corrected chi connectivity index (χ0v) is 13.7. The topological polar surface area (TPSA) is 56.3 Å². The van der Waals surface area contributed by atoms with Crippen molar-refractivity contribution in [3.05, 3.63) is 42.2 Å². The Bertz CT molecular complexity index is 567. The van der Waals surface area contributed by atoms with Crippen LogP contribution in [-0.4, -0.2) is 36.8 Å². The van der Waals surface area contributed by atoms with E-state index in [0.29, 0.717) is 25.6 Å². The number of hydrogen-bond acceptors (Lipinski definition) is 6. The van der Waals surface area contributed by atoms with Crippen LogP contribution < -0.4 is 10.1 Å². The minimum absolute atomic E-state index is 0.577. The highest BCUT2D eigenvalue weighted by molar-refractivity contribution is 7.98. The van der Waals surface area contributed by atoms with Crippen molar-refractivity contribution in [3.63, 3.8) is 0 Å². The van der Waals surface area contributed by atoms with Gasteiger partial charge in [0, 0.05) is 19.4 Å². The van der Waals surface area contributed by atoms with E-state index in [1.807, 2.05) is 25.1 Å². The Kier molecular flexibility index (Phi) is 6.99. The zero-order valence-electron chi connectivity index (χ0n) is 12.9. The molecule has 22 heavy (non-hydrogen) atoms. The predicted molar refractivity (Wildman–Crippen MR) is 89.6 cm³/mol. The summed E-state index contributed by atoms with van der Waals surface area (Å²) in [5.41, 5.74) is 1.25. The predicted octanol–water partition coefficient (Wildman–Crippen LogP) is 3.23. The molecular weight excluding hydrogens is 298 g/mol. The molecule has 0 amide bonds. The van der Waals surface area contributed by atoms with Gasteiger partial charge in [0.25, 0.3) is 0 Å². The molecule has 0 bridgehead atoms. The lowest BCUT2D eigenvalue weighted by atomic mass is 10.2. The van der Waals surface area contributed by atoms with E-state index in [0.717, 1.165) is 16.5 Å². The van der Waals surface area contributed by atoms with E-state index in [-0.39, 0.29) is 0 Å². The maximum Gasteiger partial charge on any atom is 0.232 e. The molecule has 6 heteroatoms. The van der Waals surface area contributed by atoms with Crippen LogP contribution in [0.25, 0.3) is 0 Å². The number of methoxy groups -OCH3 is 1. The third-order valence-corrected chi connectivity index (χ3v) is 4.01. The Balaban J connectivity index is 2.13. The summed E-state index contributed by atoms with van der Waals surface area (Å²) in [5.74, 6) is 2.25. The molecule has 2 rings (SSSR count). The second-order valence-corrected chi connectivity index (χ2v) is 5.47. The molecule has 0 aliphatic carbocycles. The molecule has 0 radical (unpaired) electrons.